The second-order valence-corrected chi connectivity index (χ2v) is 6.60. The van der Waals surface area contributed by atoms with Crippen molar-refractivity contribution < 1.29 is 18.9 Å². The van der Waals surface area contributed by atoms with Crippen LogP contribution in [0.15, 0.2) is 65.8 Å². The van der Waals surface area contributed by atoms with Gasteiger partial charge in [-0.3, -0.25) is 0 Å². The Labute approximate surface area is 157 Å². The Balaban J connectivity index is 1.38. The molecule has 0 spiro atoms. The van der Waals surface area contributed by atoms with Crippen LogP contribution in [-0.4, -0.2) is 37.3 Å². The van der Waals surface area contributed by atoms with Crippen LogP contribution < -0.4 is 0 Å². The molecule has 0 unspecified atom stereocenters. The molecule has 3 saturated heterocycles. The minimum Gasteiger partial charge on any atom is -0.374 e. The van der Waals surface area contributed by atoms with Gasteiger partial charge in [0.05, 0.1) is 19.8 Å². The van der Waals surface area contributed by atoms with E-state index in [4.69, 9.17) is 24.5 Å². The first-order chi connectivity index (χ1) is 13.3. The Bertz CT molecular complexity index is 782. The summed E-state index contributed by atoms with van der Waals surface area (Å²) in [6.45, 7) is 1.31. The van der Waals surface area contributed by atoms with Crippen molar-refractivity contribution in [3.05, 3.63) is 82.2 Å². The van der Waals surface area contributed by atoms with Crippen LogP contribution in [0.3, 0.4) is 0 Å². The maximum atomic E-state index is 8.77. The summed E-state index contributed by atoms with van der Waals surface area (Å²) < 4.78 is 23.5. The zero-order chi connectivity index (χ0) is 18.5. The lowest BCUT2D eigenvalue weighted by atomic mass is 9.92. The van der Waals surface area contributed by atoms with Crippen molar-refractivity contribution in [2.24, 2.45) is 5.11 Å². The highest BCUT2D eigenvalue weighted by Crippen LogP contribution is 2.38. The van der Waals surface area contributed by atoms with Gasteiger partial charge in [0, 0.05) is 4.91 Å². The molecule has 0 radical (unpaired) electrons. The van der Waals surface area contributed by atoms with E-state index in [-0.39, 0.29) is 24.4 Å². The third-order valence-corrected chi connectivity index (χ3v) is 4.77. The normalized spacial score (nSPS) is 28.8. The zero-order valence-electron chi connectivity index (χ0n) is 14.8. The number of rotatable bonds is 8. The lowest BCUT2D eigenvalue weighted by molar-refractivity contribution is -0.379. The predicted molar refractivity (Wildman–Crippen MR) is 97.6 cm³/mol. The molecule has 7 heteroatoms. The van der Waals surface area contributed by atoms with Crippen molar-refractivity contribution >= 4 is 0 Å². The van der Waals surface area contributed by atoms with E-state index >= 15 is 0 Å². The van der Waals surface area contributed by atoms with Gasteiger partial charge >= 0.3 is 0 Å². The molecular formula is C20H21N3O4. The molecule has 2 bridgehead atoms. The van der Waals surface area contributed by atoms with Gasteiger partial charge in [-0.1, -0.05) is 65.8 Å². The van der Waals surface area contributed by atoms with Gasteiger partial charge in [0.15, 0.2) is 6.29 Å². The van der Waals surface area contributed by atoms with Crippen LogP contribution in [0.4, 0.5) is 0 Å². The maximum absolute atomic E-state index is 8.77. The average molecular weight is 367 g/mol. The van der Waals surface area contributed by atoms with Gasteiger partial charge in [-0.2, -0.15) is 0 Å². The summed E-state index contributed by atoms with van der Waals surface area (Å²) in [6, 6.07) is 19.5. The van der Waals surface area contributed by atoms with Crippen molar-refractivity contribution in [3.8, 4) is 0 Å². The Hall–Kier alpha value is -2.41. The molecule has 5 rings (SSSR count). The molecule has 0 saturated carbocycles. The Kier molecular flexibility index (Phi) is 5.67. The van der Waals surface area contributed by atoms with Gasteiger partial charge in [-0.05, 0) is 16.7 Å². The molecule has 2 aromatic rings. The van der Waals surface area contributed by atoms with Gasteiger partial charge in [0.1, 0.15) is 24.4 Å². The van der Waals surface area contributed by atoms with Gasteiger partial charge in [0.2, 0.25) is 0 Å². The molecule has 0 amide bonds. The van der Waals surface area contributed by atoms with Crippen LogP contribution in [0.2, 0.25) is 0 Å². The van der Waals surface area contributed by atoms with E-state index in [0.29, 0.717) is 19.8 Å². The van der Waals surface area contributed by atoms with E-state index in [2.05, 4.69) is 10.0 Å². The monoisotopic (exact) mass is 367 g/mol. The standard InChI is InChI=1S/C20H21N3O4/c21-23-22-17-19-18(25-12-15-9-5-2-6-10-15)16(26-20(17)27-19)13-24-11-14-7-3-1-4-8-14/h1-10,16-20H,11-13H2/t16-,17+,18-,19-,20+/m1/s1. The van der Waals surface area contributed by atoms with Gasteiger partial charge in [-0.25, -0.2) is 0 Å². The fourth-order valence-electron chi connectivity index (χ4n) is 3.38. The number of fused-ring (bicyclic) bond motifs is 2. The highest BCUT2D eigenvalue weighted by molar-refractivity contribution is 5.14. The molecule has 7 nitrogen and oxygen atoms in total. The molecule has 140 valence electrons. The van der Waals surface area contributed by atoms with Crippen molar-refractivity contribution in [1.29, 1.82) is 0 Å². The molecular weight excluding hydrogens is 346 g/mol. The third kappa shape index (κ3) is 4.13. The summed E-state index contributed by atoms with van der Waals surface area (Å²) in [5, 5.41) is 3.79. The summed E-state index contributed by atoms with van der Waals surface area (Å²) >= 11 is 0. The van der Waals surface area contributed by atoms with E-state index in [1.165, 1.54) is 0 Å². The first-order valence-corrected chi connectivity index (χ1v) is 8.97. The molecule has 5 atom stereocenters. The van der Waals surface area contributed by atoms with Crippen LogP contribution in [-0.2, 0) is 32.2 Å². The quantitative estimate of drug-likeness (QED) is 0.405. The van der Waals surface area contributed by atoms with Gasteiger partial charge in [-0.15, -0.1) is 0 Å². The van der Waals surface area contributed by atoms with E-state index < -0.39 is 6.29 Å². The first kappa shape index (κ1) is 18.0. The van der Waals surface area contributed by atoms with Crippen molar-refractivity contribution in [3.63, 3.8) is 0 Å². The molecule has 0 aliphatic carbocycles. The number of azide groups is 1. The molecule has 27 heavy (non-hydrogen) atoms. The molecule has 0 aromatic heterocycles. The zero-order valence-corrected chi connectivity index (χ0v) is 14.8. The Morgan fingerprint density at radius 2 is 1.59 bits per heavy atom. The summed E-state index contributed by atoms with van der Waals surface area (Å²) in [5.74, 6) is 0. The Morgan fingerprint density at radius 3 is 2.26 bits per heavy atom. The predicted octanol–water partition coefficient (Wildman–Crippen LogP) is 3.59. The first-order valence-electron chi connectivity index (χ1n) is 8.97. The fraction of sp³-hybridized carbons (Fsp3) is 0.400. The summed E-state index contributed by atoms with van der Waals surface area (Å²) in [4.78, 5) is 2.90. The van der Waals surface area contributed by atoms with Crippen LogP contribution in [0.1, 0.15) is 11.1 Å². The minimum absolute atomic E-state index is 0.272. The smallest absolute Gasteiger partial charge is 0.169 e. The van der Waals surface area contributed by atoms with E-state index in [1.807, 2.05) is 60.7 Å². The molecule has 3 fully saturated rings. The van der Waals surface area contributed by atoms with Gasteiger partial charge in [0.25, 0.3) is 0 Å². The third-order valence-electron chi connectivity index (χ3n) is 4.77. The minimum atomic E-state index is -0.521. The van der Waals surface area contributed by atoms with E-state index in [0.717, 1.165) is 11.1 Å². The topological polar surface area (TPSA) is 85.7 Å². The lowest BCUT2D eigenvalue weighted by Gasteiger charge is -2.53. The molecule has 2 aromatic carbocycles. The second kappa shape index (κ2) is 8.52. The van der Waals surface area contributed by atoms with Crippen LogP contribution in [0.25, 0.3) is 10.4 Å². The van der Waals surface area contributed by atoms with Crippen LogP contribution >= 0.6 is 0 Å². The maximum Gasteiger partial charge on any atom is 0.169 e. The van der Waals surface area contributed by atoms with Crippen molar-refractivity contribution in [1.82, 2.24) is 0 Å². The number of benzene rings is 2. The van der Waals surface area contributed by atoms with Crippen LogP contribution in [0, 0.1) is 0 Å². The van der Waals surface area contributed by atoms with Gasteiger partial charge < -0.3 is 18.9 Å². The second-order valence-electron chi connectivity index (χ2n) is 6.60. The molecule has 3 aliphatic heterocycles. The molecule has 0 N–H and O–H groups in total. The lowest BCUT2D eigenvalue weighted by Crippen LogP contribution is -2.69. The molecule has 3 aliphatic rings. The SMILES string of the molecule is [N-]=[N+]=N[C@@H]1[C@@H]2O[C@H]1[C@H](OCc1ccccc1)[C@@H](COCc1ccccc1)O2. The Morgan fingerprint density at radius 1 is 0.926 bits per heavy atom. The average Bonchev–Trinajstić information content (AvgIpc) is 2.72. The highest BCUT2D eigenvalue weighted by Gasteiger charge is 2.56. The highest BCUT2D eigenvalue weighted by atomic mass is 16.7. The number of hydrogen-bond donors (Lipinski definition) is 0. The summed E-state index contributed by atoms with van der Waals surface area (Å²) in [6.07, 6.45) is -1.46. The van der Waals surface area contributed by atoms with E-state index in [1.54, 1.807) is 0 Å². The summed E-state index contributed by atoms with van der Waals surface area (Å²) in [5.41, 5.74) is 10.9. The fourth-order valence-corrected chi connectivity index (χ4v) is 3.38. The van der Waals surface area contributed by atoms with E-state index in [9.17, 15) is 0 Å². The summed E-state index contributed by atoms with van der Waals surface area (Å²) in [7, 11) is 0. The van der Waals surface area contributed by atoms with Crippen LogP contribution in [0.5, 0.6) is 0 Å². The number of nitrogens with zero attached hydrogens (tertiary/aromatic N) is 3. The molecule has 3 heterocycles. The number of hydrogen-bond acceptors (Lipinski definition) is 5. The van der Waals surface area contributed by atoms with Crippen molar-refractivity contribution in [2.75, 3.05) is 6.61 Å². The largest absolute Gasteiger partial charge is 0.374 e. The number of ether oxygens (including phenoxy) is 4. The van der Waals surface area contributed by atoms with Crippen molar-refractivity contribution in [2.45, 2.75) is 43.9 Å².